The third-order valence-corrected chi connectivity index (χ3v) is 5.63. The summed E-state index contributed by atoms with van der Waals surface area (Å²) in [7, 11) is 0. The van der Waals surface area contributed by atoms with Crippen molar-refractivity contribution < 1.29 is 24.2 Å². The average molecular weight is 464 g/mol. The fourth-order valence-corrected chi connectivity index (χ4v) is 4.35. The molecule has 29 heavy (non-hydrogen) atoms. The first kappa shape index (κ1) is 21.4. The largest absolute Gasteiger partial charge is 0.503 e. The van der Waals surface area contributed by atoms with Gasteiger partial charge in [0.15, 0.2) is 17.3 Å². The molecule has 1 aliphatic carbocycles. The summed E-state index contributed by atoms with van der Waals surface area (Å²) in [5, 5.41) is 13.6. The number of halogens is 1. The molecule has 0 fully saturated rings. The molecule has 0 amide bonds. The molecule has 0 unspecified atom stereocenters. The van der Waals surface area contributed by atoms with Gasteiger partial charge in [-0.2, -0.15) is 0 Å². The zero-order valence-electron chi connectivity index (χ0n) is 17.1. The lowest BCUT2D eigenvalue weighted by Gasteiger charge is -2.34. The Morgan fingerprint density at radius 1 is 1.34 bits per heavy atom. The topological polar surface area (TPSA) is 84.9 Å². The molecule has 0 saturated carbocycles. The van der Waals surface area contributed by atoms with E-state index in [2.05, 4.69) is 21.2 Å². The zero-order valence-corrected chi connectivity index (χ0v) is 18.7. The number of nitrogens with one attached hydrogen (secondary N) is 1. The fourth-order valence-electron chi connectivity index (χ4n) is 3.89. The van der Waals surface area contributed by atoms with Crippen LogP contribution in [0, 0.1) is 0 Å². The van der Waals surface area contributed by atoms with Gasteiger partial charge in [-0.1, -0.05) is 0 Å². The highest BCUT2D eigenvalue weighted by atomic mass is 79.9. The number of benzene rings is 1. The first-order chi connectivity index (χ1) is 13.7. The van der Waals surface area contributed by atoms with Gasteiger partial charge in [0.1, 0.15) is 0 Å². The molecule has 0 radical (unpaired) electrons. The number of carbonyl (C=O) groups excluding carboxylic acids is 2. The summed E-state index contributed by atoms with van der Waals surface area (Å²) in [6.07, 6.45) is 1.69. The standard InChI is InChI=1S/C22H26BrNO5/c1-5-28-17-10-13(9-14(23)21(17)26)19-18(22(27)29-11(2)3)12(4)24-15-7-6-8-16(25)20(15)19/h9-11,19,24,26H,5-8H2,1-4H3/t19-/m1/s1. The van der Waals surface area contributed by atoms with Gasteiger partial charge in [0, 0.05) is 29.3 Å². The molecule has 0 spiro atoms. The first-order valence-electron chi connectivity index (χ1n) is 9.84. The van der Waals surface area contributed by atoms with E-state index >= 15 is 0 Å². The summed E-state index contributed by atoms with van der Waals surface area (Å²) in [6, 6.07) is 3.43. The van der Waals surface area contributed by atoms with Gasteiger partial charge >= 0.3 is 5.97 Å². The van der Waals surface area contributed by atoms with Crippen molar-refractivity contribution in [3.63, 3.8) is 0 Å². The Hall–Kier alpha value is -2.28. The van der Waals surface area contributed by atoms with Crippen molar-refractivity contribution in [1.82, 2.24) is 5.32 Å². The van der Waals surface area contributed by atoms with E-state index in [9.17, 15) is 14.7 Å². The lowest BCUT2D eigenvalue weighted by Crippen LogP contribution is -2.35. The Balaban J connectivity index is 2.21. The SMILES string of the molecule is CCOc1cc([C@@H]2C(C(=O)OC(C)C)=C(C)NC3=C2C(=O)CCC3)cc(Br)c1O. The van der Waals surface area contributed by atoms with E-state index in [1.54, 1.807) is 26.0 Å². The zero-order chi connectivity index (χ0) is 21.3. The lowest BCUT2D eigenvalue weighted by atomic mass is 9.75. The van der Waals surface area contributed by atoms with Crippen molar-refractivity contribution in [3.05, 3.63) is 44.7 Å². The number of hydrogen-bond acceptors (Lipinski definition) is 6. The van der Waals surface area contributed by atoms with Crippen molar-refractivity contribution in [3.8, 4) is 11.5 Å². The van der Waals surface area contributed by atoms with Crippen molar-refractivity contribution in [2.24, 2.45) is 0 Å². The number of carbonyl (C=O) groups is 2. The smallest absolute Gasteiger partial charge is 0.337 e. The number of ketones is 1. The Morgan fingerprint density at radius 2 is 2.07 bits per heavy atom. The maximum absolute atomic E-state index is 13.0. The van der Waals surface area contributed by atoms with Crippen molar-refractivity contribution in [2.75, 3.05) is 6.61 Å². The Morgan fingerprint density at radius 3 is 2.72 bits per heavy atom. The van der Waals surface area contributed by atoms with E-state index < -0.39 is 11.9 Å². The van der Waals surface area contributed by atoms with E-state index in [-0.39, 0.29) is 17.6 Å². The third kappa shape index (κ3) is 4.20. The maximum Gasteiger partial charge on any atom is 0.337 e. The van der Waals surface area contributed by atoms with E-state index in [0.717, 1.165) is 18.5 Å². The van der Waals surface area contributed by atoms with Gasteiger partial charge < -0.3 is 19.9 Å². The van der Waals surface area contributed by atoms with Gasteiger partial charge in [0.05, 0.1) is 22.8 Å². The minimum atomic E-state index is -0.582. The molecule has 1 atom stereocenters. The van der Waals surface area contributed by atoms with Crippen LogP contribution in [-0.2, 0) is 14.3 Å². The van der Waals surface area contributed by atoms with Crippen LogP contribution in [0.3, 0.4) is 0 Å². The molecular formula is C22H26BrNO5. The average Bonchev–Trinajstić information content (AvgIpc) is 2.63. The normalized spacial score (nSPS) is 19.2. The second-order valence-corrected chi connectivity index (χ2v) is 8.36. The fraction of sp³-hybridized carbons (Fsp3) is 0.455. The summed E-state index contributed by atoms with van der Waals surface area (Å²) in [5.41, 5.74) is 3.23. The third-order valence-electron chi connectivity index (χ3n) is 5.02. The maximum atomic E-state index is 13.0. The molecule has 0 bridgehead atoms. The number of phenols is 1. The number of aromatic hydroxyl groups is 1. The highest BCUT2D eigenvalue weighted by molar-refractivity contribution is 9.10. The second kappa shape index (κ2) is 8.61. The number of hydrogen-bond donors (Lipinski definition) is 2. The molecule has 1 aromatic carbocycles. The monoisotopic (exact) mass is 463 g/mol. The van der Waals surface area contributed by atoms with Gasteiger partial charge in [-0.25, -0.2) is 4.79 Å². The molecule has 0 saturated heterocycles. The minimum Gasteiger partial charge on any atom is -0.503 e. The minimum absolute atomic E-state index is 0.0132. The number of ether oxygens (including phenoxy) is 2. The Kier molecular flexibility index (Phi) is 6.36. The van der Waals surface area contributed by atoms with Crippen molar-refractivity contribution in [1.29, 1.82) is 0 Å². The summed E-state index contributed by atoms with van der Waals surface area (Å²) < 4.78 is 11.5. The van der Waals surface area contributed by atoms with Crippen molar-refractivity contribution >= 4 is 27.7 Å². The molecule has 156 valence electrons. The molecule has 6 nitrogen and oxygen atoms in total. The highest BCUT2D eigenvalue weighted by Crippen LogP contribution is 2.46. The van der Waals surface area contributed by atoms with Crippen LogP contribution in [0.25, 0.3) is 0 Å². The summed E-state index contributed by atoms with van der Waals surface area (Å²) >= 11 is 3.37. The molecule has 1 heterocycles. The number of allylic oxidation sites excluding steroid dienone is 3. The molecule has 7 heteroatoms. The van der Waals surface area contributed by atoms with Crippen LogP contribution in [0.5, 0.6) is 11.5 Å². The van der Waals surface area contributed by atoms with Crippen LogP contribution >= 0.6 is 15.9 Å². The van der Waals surface area contributed by atoms with E-state index in [0.29, 0.717) is 45.7 Å². The molecule has 1 aliphatic heterocycles. The van der Waals surface area contributed by atoms with Crippen LogP contribution in [-0.4, -0.2) is 29.6 Å². The number of Topliss-reactive ketones (excluding diaryl/α,β-unsaturated/α-hetero) is 1. The van der Waals surface area contributed by atoms with E-state index in [1.165, 1.54) is 0 Å². The van der Waals surface area contributed by atoms with Crippen LogP contribution in [0.15, 0.2) is 39.1 Å². The summed E-state index contributed by atoms with van der Waals surface area (Å²) in [5.74, 6) is -0.729. The molecule has 0 aromatic heterocycles. The first-order valence-corrected chi connectivity index (χ1v) is 10.6. The van der Waals surface area contributed by atoms with Gasteiger partial charge in [0.25, 0.3) is 0 Å². The molecule has 2 aliphatic rings. The predicted octanol–water partition coefficient (Wildman–Crippen LogP) is 4.47. The second-order valence-electron chi connectivity index (χ2n) is 7.50. The number of rotatable bonds is 5. The molecule has 1 aromatic rings. The number of phenolic OH excluding ortho intramolecular Hbond substituents is 1. The van der Waals surface area contributed by atoms with E-state index in [4.69, 9.17) is 9.47 Å². The number of dihydropyridines is 1. The number of esters is 1. The van der Waals surface area contributed by atoms with E-state index in [1.807, 2.05) is 13.8 Å². The quantitative estimate of drug-likeness (QED) is 0.626. The van der Waals surface area contributed by atoms with Crippen LogP contribution in [0.1, 0.15) is 58.4 Å². The Labute approximate surface area is 179 Å². The predicted molar refractivity (Wildman–Crippen MR) is 113 cm³/mol. The molecule has 3 rings (SSSR count). The van der Waals surface area contributed by atoms with Gasteiger partial charge in [-0.3, -0.25) is 4.79 Å². The van der Waals surface area contributed by atoms with Crippen molar-refractivity contribution in [2.45, 2.75) is 59.0 Å². The lowest BCUT2D eigenvalue weighted by molar-refractivity contribution is -0.143. The van der Waals surface area contributed by atoms with Crippen LogP contribution < -0.4 is 10.1 Å². The Bertz CT molecular complexity index is 916. The summed E-state index contributed by atoms with van der Waals surface area (Å²) in [4.78, 5) is 25.9. The molecule has 2 N–H and O–H groups in total. The van der Waals surface area contributed by atoms with Gasteiger partial charge in [-0.05, 0) is 74.2 Å². The van der Waals surface area contributed by atoms with Gasteiger partial charge in [0.2, 0.25) is 0 Å². The van der Waals surface area contributed by atoms with Crippen LogP contribution in [0.4, 0.5) is 0 Å². The van der Waals surface area contributed by atoms with Crippen LogP contribution in [0.2, 0.25) is 0 Å². The summed E-state index contributed by atoms with van der Waals surface area (Å²) in [6.45, 7) is 7.61. The molecular weight excluding hydrogens is 438 g/mol. The highest BCUT2D eigenvalue weighted by Gasteiger charge is 2.39. The van der Waals surface area contributed by atoms with Gasteiger partial charge in [-0.15, -0.1) is 0 Å².